The fourth-order valence-corrected chi connectivity index (χ4v) is 1.67. The summed E-state index contributed by atoms with van der Waals surface area (Å²) >= 11 is 5.66. The standard InChI is InChI=1S/C12H17ClFNO/c1-12(2,3)11(16)10(15)7-5-4-6-8(13)9(7)14/h4-6,10-11,16H,15H2,1-3H3/t10-,11-/m1/s1. The Morgan fingerprint density at radius 2 is 1.94 bits per heavy atom. The van der Waals surface area contributed by atoms with Crippen molar-refractivity contribution in [2.24, 2.45) is 11.1 Å². The van der Waals surface area contributed by atoms with Gasteiger partial charge >= 0.3 is 0 Å². The second kappa shape index (κ2) is 4.70. The second-order valence-corrected chi connectivity index (χ2v) is 5.39. The summed E-state index contributed by atoms with van der Waals surface area (Å²) in [6, 6.07) is 3.84. The lowest BCUT2D eigenvalue weighted by molar-refractivity contribution is 0.0391. The Morgan fingerprint density at radius 1 is 1.38 bits per heavy atom. The van der Waals surface area contributed by atoms with Gasteiger partial charge in [-0.25, -0.2) is 4.39 Å². The molecule has 0 unspecified atom stereocenters. The Morgan fingerprint density at radius 3 is 2.44 bits per heavy atom. The fourth-order valence-electron chi connectivity index (χ4n) is 1.49. The molecule has 3 N–H and O–H groups in total. The Balaban J connectivity index is 3.06. The van der Waals surface area contributed by atoms with Crippen LogP contribution in [0.2, 0.25) is 5.02 Å². The maximum atomic E-state index is 13.7. The first-order valence-electron chi connectivity index (χ1n) is 5.12. The molecule has 0 bridgehead atoms. The maximum Gasteiger partial charge on any atom is 0.146 e. The highest BCUT2D eigenvalue weighted by molar-refractivity contribution is 6.30. The van der Waals surface area contributed by atoms with Gasteiger partial charge in [0.2, 0.25) is 0 Å². The summed E-state index contributed by atoms with van der Waals surface area (Å²) in [5.74, 6) is -0.556. The number of aliphatic hydroxyl groups is 1. The number of benzene rings is 1. The third-order valence-electron chi connectivity index (χ3n) is 2.57. The van der Waals surface area contributed by atoms with Gasteiger partial charge in [0.25, 0.3) is 0 Å². The predicted octanol–water partition coefficient (Wildman–Crippen LogP) is 2.89. The van der Waals surface area contributed by atoms with Crippen molar-refractivity contribution in [1.82, 2.24) is 0 Å². The average Bonchev–Trinajstić information content (AvgIpc) is 2.18. The zero-order chi connectivity index (χ0) is 12.5. The van der Waals surface area contributed by atoms with Crippen molar-refractivity contribution in [2.45, 2.75) is 32.9 Å². The van der Waals surface area contributed by atoms with E-state index in [1.165, 1.54) is 6.07 Å². The third kappa shape index (κ3) is 2.73. The average molecular weight is 246 g/mol. The molecule has 0 saturated heterocycles. The monoisotopic (exact) mass is 245 g/mol. The summed E-state index contributed by atoms with van der Waals surface area (Å²) < 4.78 is 13.7. The number of nitrogens with two attached hydrogens (primary N) is 1. The van der Waals surface area contributed by atoms with Gasteiger partial charge in [0, 0.05) is 5.56 Å². The predicted molar refractivity (Wildman–Crippen MR) is 63.8 cm³/mol. The molecule has 0 amide bonds. The summed E-state index contributed by atoms with van der Waals surface area (Å²) in [6.45, 7) is 5.54. The van der Waals surface area contributed by atoms with Crippen LogP contribution in [0, 0.1) is 11.2 Å². The zero-order valence-corrected chi connectivity index (χ0v) is 10.4. The minimum Gasteiger partial charge on any atom is -0.391 e. The van der Waals surface area contributed by atoms with Crippen LogP contribution in [0.4, 0.5) is 4.39 Å². The van der Waals surface area contributed by atoms with E-state index >= 15 is 0 Å². The van der Waals surface area contributed by atoms with Crippen molar-refractivity contribution in [2.75, 3.05) is 0 Å². The van der Waals surface area contributed by atoms with E-state index in [9.17, 15) is 9.50 Å². The maximum absolute atomic E-state index is 13.7. The molecule has 0 aliphatic rings. The zero-order valence-electron chi connectivity index (χ0n) is 9.67. The SMILES string of the molecule is CC(C)(C)[C@H](O)[C@H](N)c1cccc(Cl)c1F. The lowest BCUT2D eigenvalue weighted by Crippen LogP contribution is -2.37. The van der Waals surface area contributed by atoms with Crippen molar-refractivity contribution in [3.63, 3.8) is 0 Å². The fraction of sp³-hybridized carbons (Fsp3) is 0.500. The molecule has 16 heavy (non-hydrogen) atoms. The molecule has 1 aromatic rings. The molecule has 0 aromatic heterocycles. The summed E-state index contributed by atoms with van der Waals surface area (Å²) in [7, 11) is 0. The first-order valence-corrected chi connectivity index (χ1v) is 5.50. The largest absolute Gasteiger partial charge is 0.391 e. The molecule has 4 heteroatoms. The van der Waals surface area contributed by atoms with E-state index in [-0.39, 0.29) is 10.6 Å². The molecule has 0 radical (unpaired) electrons. The van der Waals surface area contributed by atoms with Crippen LogP contribution in [0.1, 0.15) is 32.4 Å². The quantitative estimate of drug-likeness (QED) is 0.842. The van der Waals surface area contributed by atoms with Crippen LogP contribution in [0.25, 0.3) is 0 Å². The molecule has 90 valence electrons. The van der Waals surface area contributed by atoms with Crippen molar-refractivity contribution in [3.8, 4) is 0 Å². The molecular weight excluding hydrogens is 229 g/mol. The first kappa shape index (κ1) is 13.4. The van der Waals surface area contributed by atoms with Gasteiger partial charge < -0.3 is 10.8 Å². The van der Waals surface area contributed by atoms with Crippen LogP contribution in [-0.2, 0) is 0 Å². The van der Waals surface area contributed by atoms with E-state index in [1.54, 1.807) is 12.1 Å². The van der Waals surface area contributed by atoms with E-state index < -0.39 is 23.4 Å². The number of rotatable bonds is 2. The number of hydrogen-bond donors (Lipinski definition) is 2. The van der Waals surface area contributed by atoms with Crippen LogP contribution >= 0.6 is 11.6 Å². The molecule has 0 fully saturated rings. The van der Waals surface area contributed by atoms with E-state index in [1.807, 2.05) is 20.8 Å². The molecule has 1 aromatic carbocycles. The van der Waals surface area contributed by atoms with Crippen molar-refractivity contribution >= 4 is 11.6 Å². The van der Waals surface area contributed by atoms with Gasteiger partial charge in [0.05, 0.1) is 17.2 Å². The first-order chi connectivity index (χ1) is 7.25. The lowest BCUT2D eigenvalue weighted by atomic mass is 9.82. The molecule has 2 nitrogen and oxygen atoms in total. The summed E-state index contributed by atoms with van der Waals surface area (Å²) in [4.78, 5) is 0. The third-order valence-corrected chi connectivity index (χ3v) is 2.86. The molecular formula is C12H17ClFNO. The number of halogens is 2. The summed E-state index contributed by atoms with van der Waals surface area (Å²) in [5, 5.41) is 10.0. The highest BCUT2D eigenvalue weighted by Gasteiger charge is 2.30. The van der Waals surface area contributed by atoms with Gasteiger partial charge in [-0.15, -0.1) is 0 Å². The molecule has 2 atom stereocenters. The molecule has 0 aliphatic carbocycles. The Labute approximate surface area is 100 Å². The van der Waals surface area contributed by atoms with Gasteiger partial charge in [-0.3, -0.25) is 0 Å². The minimum atomic E-state index is -0.833. The Hall–Kier alpha value is -0.640. The van der Waals surface area contributed by atoms with Gasteiger partial charge in [-0.1, -0.05) is 44.5 Å². The summed E-state index contributed by atoms with van der Waals surface area (Å²) in [5.41, 5.74) is 5.68. The minimum absolute atomic E-state index is 0.0223. The van der Waals surface area contributed by atoms with Crippen molar-refractivity contribution in [3.05, 3.63) is 34.6 Å². The highest BCUT2D eigenvalue weighted by atomic mass is 35.5. The van der Waals surface area contributed by atoms with E-state index in [0.717, 1.165) is 0 Å². The van der Waals surface area contributed by atoms with Gasteiger partial charge in [-0.2, -0.15) is 0 Å². The normalized spacial score (nSPS) is 15.9. The van der Waals surface area contributed by atoms with Crippen LogP contribution in [0.3, 0.4) is 0 Å². The number of hydrogen-bond acceptors (Lipinski definition) is 2. The number of aliphatic hydroxyl groups excluding tert-OH is 1. The van der Waals surface area contributed by atoms with E-state index in [2.05, 4.69) is 0 Å². The van der Waals surface area contributed by atoms with Crippen LogP contribution in [0.5, 0.6) is 0 Å². The van der Waals surface area contributed by atoms with Crippen LogP contribution in [-0.4, -0.2) is 11.2 Å². The second-order valence-electron chi connectivity index (χ2n) is 4.98. The molecule has 0 aliphatic heterocycles. The van der Waals surface area contributed by atoms with Gasteiger partial charge in [0.15, 0.2) is 0 Å². The highest BCUT2D eigenvalue weighted by Crippen LogP contribution is 2.31. The van der Waals surface area contributed by atoms with E-state index in [4.69, 9.17) is 17.3 Å². The van der Waals surface area contributed by atoms with Crippen LogP contribution < -0.4 is 5.73 Å². The van der Waals surface area contributed by atoms with Gasteiger partial charge in [-0.05, 0) is 11.5 Å². The van der Waals surface area contributed by atoms with Crippen molar-refractivity contribution < 1.29 is 9.50 Å². The molecule has 0 spiro atoms. The lowest BCUT2D eigenvalue weighted by Gasteiger charge is -2.31. The van der Waals surface area contributed by atoms with Gasteiger partial charge in [0.1, 0.15) is 5.82 Å². The van der Waals surface area contributed by atoms with Crippen LogP contribution in [0.15, 0.2) is 18.2 Å². The molecule has 0 saturated carbocycles. The Bertz CT molecular complexity index is 376. The van der Waals surface area contributed by atoms with Crippen molar-refractivity contribution in [1.29, 1.82) is 0 Å². The summed E-state index contributed by atoms with van der Waals surface area (Å²) in [6.07, 6.45) is -0.833. The molecule has 1 rings (SSSR count). The Kier molecular flexibility index (Phi) is 3.94. The topological polar surface area (TPSA) is 46.2 Å². The van der Waals surface area contributed by atoms with E-state index in [0.29, 0.717) is 0 Å². The smallest absolute Gasteiger partial charge is 0.146 e. The molecule has 0 heterocycles.